The molecule has 0 aliphatic rings. The first kappa shape index (κ1) is 11.9. The highest BCUT2D eigenvalue weighted by Crippen LogP contribution is 2.35. The van der Waals surface area contributed by atoms with Crippen LogP contribution in [0.2, 0.25) is 0 Å². The summed E-state index contributed by atoms with van der Waals surface area (Å²) in [6, 6.07) is 13.3. The van der Waals surface area contributed by atoms with Crippen LogP contribution in [0.3, 0.4) is 0 Å². The number of aromatic amines is 1. The number of H-pyrrole nitrogens is 1. The van der Waals surface area contributed by atoms with Crippen LogP contribution in [-0.2, 0) is 0 Å². The van der Waals surface area contributed by atoms with E-state index in [1.54, 1.807) is 6.07 Å². The van der Waals surface area contributed by atoms with E-state index in [1.807, 2.05) is 36.4 Å². The summed E-state index contributed by atoms with van der Waals surface area (Å²) in [4.78, 5) is 16.5. The van der Waals surface area contributed by atoms with Crippen LogP contribution in [0.5, 0.6) is 5.75 Å². The number of hydrogen-bond acceptors (Lipinski definition) is 4. The molecule has 0 bridgehead atoms. The number of nitriles is 1. The molecule has 0 atom stereocenters. The highest BCUT2D eigenvalue weighted by atomic mass is 32.1. The SMILES string of the molecule is N#Cc1sc2[nH]c3c(ccc4ccccc43)c(=O)c2c1O. The quantitative estimate of drug-likeness (QED) is 0.487. The summed E-state index contributed by atoms with van der Waals surface area (Å²) in [5.41, 5.74) is 0.482. The van der Waals surface area contributed by atoms with Gasteiger partial charge in [0, 0.05) is 10.8 Å². The van der Waals surface area contributed by atoms with E-state index >= 15 is 0 Å². The fourth-order valence-electron chi connectivity index (χ4n) is 2.64. The summed E-state index contributed by atoms with van der Waals surface area (Å²) in [5, 5.41) is 21.7. The number of hydrogen-bond donors (Lipinski definition) is 2. The minimum atomic E-state index is -0.250. The minimum Gasteiger partial charge on any atom is -0.505 e. The first-order valence-corrected chi connectivity index (χ1v) is 7.11. The van der Waals surface area contributed by atoms with Crippen molar-refractivity contribution in [3.05, 3.63) is 51.5 Å². The fraction of sp³-hybridized carbons (Fsp3) is 0. The molecule has 4 nitrogen and oxygen atoms in total. The van der Waals surface area contributed by atoms with Gasteiger partial charge in [0.15, 0.2) is 5.75 Å². The van der Waals surface area contributed by atoms with E-state index in [-0.39, 0.29) is 21.4 Å². The van der Waals surface area contributed by atoms with Crippen LogP contribution in [0.1, 0.15) is 4.88 Å². The van der Waals surface area contributed by atoms with Crippen LogP contribution in [0.4, 0.5) is 0 Å². The van der Waals surface area contributed by atoms with E-state index in [9.17, 15) is 9.90 Å². The maximum atomic E-state index is 12.6. The van der Waals surface area contributed by atoms with E-state index in [4.69, 9.17) is 5.26 Å². The number of nitrogens with zero attached hydrogens (tertiary/aromatic N) is 1. The Bertz CT molecular complexity index is 1130. The van der Waals surface area contributed by atoms with E-state index in [0.29, 0.717) is 10.2 Å². The zero-order valence-corrected chi connectivity index (χ0v) is 11.5. The predicted octanol–water partition coefficient (Wildman–Crippen LogP) is 3.47. The van der Waals surface area contributed by atoms with Gasteiger partial charge in [0.2, 0.25) is 5.43 Å². The third-order valence-electron chi connectivity index (χ3n) is 3.62. The van der Waals surface area contributed by atoms with E-state index in [0.717, 1.165) is 27.6 Å². The predicted molar refractivity (Wildman–Crippen MR) is 83.8 cm³/mol. The molecule has 2 aromatic heterocycles. The molecule has 2 aromatic carbocycles. The van der Waals surface area contributed by atoms with Crippen molar-refractivity contribution in [3.8, 4) is 11.8 Å². The number of aromatic nitrogens is 1. The molecule has 0 unspecified atom stereocenters. The molecular weight excluding hydrogens is 284 g/mol. The zero-order chi connectivity index (χ0) is 14.6. The molecule has 5 heteroatoms. The van der Waals surface area contributed by atoms with Crippen LogP contribution in [-0.4, -0.2) is 10.1 Å². The van der Waals surface area contributed by atoms with E-state index in [2.05, 4.69) is 4.98 Å². The maximum absolute atomic E-state index is 12.6. The zero-order valence-electron chi connectivity index (χ0n) is 10.7. The summed E-state index contributed by atoms with van der Waals surface area (Å²) in [5.74, 6) is -0.228. The second kappa shape index (κ2) is 4.08. The third kappa shape index (κ3) is 1.51. The molecule has 0 saturated carbocycles. The van der Waals surface area contributed by atoms with Gasteiger partial charge in [-0.05, 0) is 11.5 Å². The summed E-state index contributed by atoms with van der Waals surface area (Å²) in [6.45, 7) is 0. The van der Waals surface area contributed by atoms with Crippen LogP contribution in [0, 0.1) is 11.3 Å². The van der Waals surface area contributed by atoms with Crippen molar-refractivity contribution >= 4 is 43.2 Å². The fourth-order valence-corrected chi connectivity index (χ4v) is 3.53. The molecule has 0 radical (unpaired) electrons. The van der Waals surface area contributed by atoms with Crippen LogP contribution < -0.4 is 5.43 Å². The Kier molecular flexibility index (Phi) is 2.32. The largest absolute Gasteiger partial charge is 0.505 e. The normalized spacial score (nSPS) is 11.2. The standard InChI is InChI=1S/C16H8N2O2S/c17-7-11-15(20)12-14(19)10-6-5-8-3-1-2-4-9(8)13(10)18-16(12)21-11/h1-6,20H,(H,18,19). The van der Waals surface area contributed by atoms with Gasteiger partial charge in [-0.2, -0.15) is 5.26 Å². The van der Waals surface area contributed by atoms with Gasteiger partial charge in [-0.3, -0.25) is 4.79 Å². The molecule has 0 saturated heterocycles. The van der Waals surface area contributed by atoms with Gasteiger partial charge in [0.1, 0.15) is 21.2 Å². The topological polar surface area (TPSA) is 76.9 Å². The van der Waals surface area contributed by atoms with E-state index < -0.39 is 0 Å². The second-order valence-electron chi connectivity index (χ2n) is 4.76. The average Bonchev–Trinajstić information content (AvgIpc) is 2.84. The first-order valence-electron chi connectivity index (χ1n) is 6.30. The molecule has 0 fully saturated rings. The number of pyridine rings is 1. The van der Waals surface area contributed by atoms with Crippen LogP contribution in [0.25, 0.3) is 31.9 Å². The van der Waals surface area contributed by atoms with Crippen molar-refractivity contribution in [2.24, 2.45) is 0 Å². The summed E-state index contributed by atoms with van der Waals surface area (Å²) in [7, 11) is 0. The number of benzene rings is 2. The van der Waals surface area contributed by atoms with Gasteiger partial charge in [0.05, 0.1) is 5.52 Å². The second-order valence-corrected chi connectivity index (χ2v) is 5.78. The van der Waals surface area contributed by atoms with Gasteiger partial charge in [-0.25, -0.2) is 0 Å². The van der Waals surface area contributed by atoms with Crippen molar-refractivity contribution in [1.29, 1.82) is 5.26 Å². The van der Waals surface area contributed by atoms with Crippen LogP contribution >= 0.6 is 11.3 Å². The Morgan fingerprint density at radius 1 is 1.14 bits per heavy atom. The summed E-state index contributed by atoms with van der Waals surface area (Å²) < 4.78 is 0. The average molecular weight is 292 g/mol. The number of aromatic hydroxyl groups is 1. The Hall–Kier alpha value is -2.84. The molecule has 100 valence electrons. The number of fused-ring (bicyclic) bond motifs is 4. The Balaban J connectivity index is 2.32. The van der Waals surface area contributed by atoms with Gasteiger partial charge in [-0.1, -0.05) is 30.3 Å². The van der Waals surface area contributed by atoms with Crippen molar-refractivity contribution in [1.82, 2.24) is 4.98 Å². The minimum absolute atomic E-state index is 0.151. The number of thiophene rings is 1. The Morgan fingerprint density at radius 3 is 2.76 bits per heavy atom. The third-order valence-corrected chi connectivity index (χ3v) is 4.62. The highest BCUT2D eigenvalue weighted by molar-refractivity contribution is 7.19. The Morgan fingerprint density at radius 2 is 1.95 bits per heavy atom. The molecule has 0 spiro atoms. The van der Waals surface area contributed by atoms with E-state index in [1.165, 1.54) is 0 Å². The number of rotatable bonds is 0. The Labute approximate surface area is 122 Å². The summed E-state index contributed by atoms with van der Waals surface area (Å²) >= 11 is 1.09. The van der Waals surface area contributed by atoms with Crippen molar-refractivity contribution in [2.75, 3.05) is 0 Å². The van der Waals surface area contributed by atoms with Crippen molar-refractivity contribution < 1.29 is 5.11 Å². The molecule has 4 aromatic rings. The van der Waals surface area contributed by atoms with Gasteiger partial charge in [-0.15, -0.1) is 11.3 Å². The van der Waals surface area contributed by atoms with Gasteiger partial charge >= 0.3 is 0 Å². The maximum Gasteiger partial charge on any atom is 0.201 e. The molecule has 2 heterocycles. The monoisotopic (exact) mass is 292 g/mol. The lowest BCUT2D eigenvalue weighted by molar-refractivity contribution is 0.482. The molecule has 0 aliphatic carbocycles. The highest BCUT2D eigenvalue weighted by Gasteiger charge is 2.17. The molecule has 0 aliphatic heterocycles. The van der Waals surface area contributed by atoms with Crippen molar-refractivity contribution in [3.63, 3.8) is 0 Å². The molecule has 0 amide bonds. The first-order chi connectivity index (χ1) is 10.2. The van der Waals surface area contributed by atoms with Crippen molar-refractivity contribution in [2.45, 2.75) is 0 Å². The smallest absolute Gasteiger partial charge is 0.201 e. The lowest BCUT2D eigenvalue weighted by Gasteiger charge is -2.04. The molecule has 21 heavy (non-hydrogen) atoms. The number of nitrogens with one attached hydrogen (secondary N) is 1. The molecule has 4 rings (SSSR count). The van der Waals surface area contributed by atoms with Gasteiger partial charge in [0.25, 0.3) is 0 Å². The molecular formula is C16H8N2O2S. The van der Waals surface area contributed by atoms with Crippen LogP contribution in [0.15, 0.2) is 41.2 Å². The summed E-state index contributed by atoms with van der Waals surface area (Å²) in [6.07, 6.45) is 0. The van der Waals surface area contributed by atoms with Gasteiger partial charge < -0.3 is 10.1 Å². The lowest BCUT2D eigenvalue weighted by atomic mass is 10.1. The molecule has 2 N–H and O–H groups in total. The lowest BCUT2D eigenvalue weighted by Crippen LogP contribution is -2.02.